The Balaban J connectivity index is 4.07. The minimum Gasteiger partial charge on any atom is -0.480 e. The standard InChI is InChI=1S/C46H76N2O7/c1-3-5-7-9-10-11-12-13-14-15-16-17-18-19-20-21-22-23-24-25-26-28-34-38-45(52)55-41(35-31-27-8-6-4-2)36-32-29-30-33-37-43(50)47-39-44(51)48-42(40-49)46(53)54/h5,7,10-11,13-14,16-17,19-20,31,35,41-42,49H,3-4,6,8-9,12,15,18,21-30,32-34,36-40H2,1-2H3,(H,47,50)(H,48,51)(H,53,54)/b7-5-,11-10-,14-13-,17-16-,20-19-,35-31-. The van der Waals surface area contributed by atoms with Gasteiger partial charge in [-0.15, -0.1) is 0 Å². The Morgan fingerprint density at radius 2 is 1.09 bits per heavy atom. The molecule has 0 heterocycles. The number of carboxylic acids is 1. The highest BCUT2D eigenvalue weighted by Gasteiger charge is 2.18. The number of carbonyl (C=O) groups excluding carboxylic acids is 3. The van der Waals surface area contributed by atoms with Gasteiger partial charge in [-0.25, -0.2) is 4.79 Å². The van der Waals surface area contributed by atoms with E-state index in [0.29, 0.717) is 12.8 Å². The predicted octanol–water partition coefficient (Wildman–Crippen LogP) is 10.3. The molecule has 55 heavy (non-hydrogen) atoms. The van der Waals surface area contributed by atoms with E-state index < -0.39 is 24.5 Å². The number of amides is 2. The maximum Gasteiger partial charge on any atom is 0.328 e. The molecule has 4 N–H and O–H groups in total. The zero-order valence-electron chi connectivity index (χ0n) is 34.4. The number of aliphatic hydroxyl groups excluding tert-OH is 1. The van der Waals surface area contributed by atoms with Crippen molar-refractivity contribution in [2.24, 2.45) is 0 Å². The Labute approximate surface area is 333 Å². The molecular formula is C46H76N2O7. The fourth-order valence-electron chi connectivity index (χ4n) is 5.65. The number of hydrogen-bond acceptors (Lipinski definition) is 6. The summed E-state index contributed by atoms with van der Waals surface area (Å²) in [7, 11) is 0. The second kappa shape index (κ2) is 40.0. The van der Waals surface area contributed by atoms with Gasteiger partial charge >= 0.3 is 11.9 Å². The molecule has 2 amide bonds. The van der Waals surface area contributed by atoms with Crippen molar-refractivity contribution < 1.29 is 34.1 Å². The molecule has 0 aliphatic rings. The van der Waals surface area contributed by atoms with Crippen molar-refractivity contribution >= 4 is 23.8 Å². The smallest absolute Gasteiger partial charge is 0.328 e. The first-order valence-corrected chi connectivity index (χ1v) is 21.3. The van der Waals surface area contributed by atoms with E-state index in [0.717, 1.165) is 103 Å². The highest BCUT2D eigenvalue weighted by atomic mass is 16.5. The Bertz CT molecular complexity index is 1150. The van der Waals surface area contributed by atoms with Gasteiger partial charge in [0.15, 0.2) is 0 Å². The van der Waals surface area contributed by atoms with E-state index in [1.165, 1.54) is 32.1 Å². The molecule has 0 spiro atoms. The van der Waals surface area contributed by atoms with E-state index in [4.69, 9.17) is 14.9 Å². The van der Waals surface area contributed by atoms with Gasteiger partial charge in [-0.05, 0) is 89.5 Å². The number of rotatable bonds is 37. The van der Waals surface area contributed by atoms with Crippen molar-refractivity contribution in [2.75, 3.05) is 13.2 Å². The number of aliphatic carboxylic acids is 1. The third kappa shape index (κ3) is 37.0. The van der Waals surface area contributed by atoms with E-state index in [1.54, 1.807) is 0 Å². The van der Waals surface area contributed by atoms with Gasteiger partial charge in [0.25, 0.3) is 0 Å². The number of allylic oxidation sites excluding steroid dienone is 11. The maximum absolute atomic E-state index is 12.6. The molecule has 9 heteroatoms. The van der Waals surface area contributed by atoms with Gasteiger partial charge < -0.3 is 25.6 Å². The lowest BCUT2D eigenvalue weighted by Crippen LogP contribution is -2.47. The molecule has 0 aromatic rings. The van der Waals surface area contributed by atoms with Crippen molar-refractivity contribution in [1.82, 2.24) is 10.6 Å². The molecule has 0 bridgehead atoms. The first-order valence-electron chi connectivity index (χ1n) is 21.3. The summed E-state index contributed by atoms with van der Waals surface area (Å²) in [5.41, 5.74) is 0. The van der Waals surface area contributed by atoms with E-state index in [9.17, 15) is 19.2 Å². The molecule has 0 saturated carbocycles. The van der Waals surface area contributed by atoms with Crippen LogP contribution in [0.25, 0.3) is 0 Å². The molecule has 2 atom stereocenters. The number of aliphatic hydroxyl groups is 1. The number of hydrogen-bond donors (Lipinski definition) is 4. The van der Waals surface area contributed by atoms with Crippen LogP contribution in [-0.2, 0) is 23.9 Å². The van der Waals surface area contributed by atoms with Crippen molar-refractivity contribution in [3.63, 3.8) is 0 Å². The van der Waals surface area contributed by atoms with Crippen molar-refractivity contribution in [3.8, 4) is 0 Å². The van der Waals surface area contributed by atoms with E-state index in [2.05, 4.69) is 91.3 Å². The van der Waals surface area contributed by atoms with E-state index >= 15 is 0 Å². The summed E-state index contributed by atoms with van der Waals surface area (Å²) in [5.74, 6) is -2.43. The monoisotopic (exact) mass is 769 g/mol. The molecular weight excluding hydrogens is 693 g/mol. The quantitative estimate of drug-likeness (QED) is 0.0280. The van der Waals surface area contributed by atoms with E-state index in [1.807, 2.05) is 6.08 Å². The molecule has 2 unspecified atom stereocenters. The second-order valence-corrected chi connectivity index (χ2v) is 14.0. The number of nitrogens with one attached hydrogen (secondary N) is 2. The van der Waals surface area contributed by atoms with Gasteiger partial charge in [0, 0.05) is 12.8 Å². The average Bonchev–Trinajstić information content (AvgIpc) is 3.17. The van der Waals surface area contributed by atoms with Crippen LogP contribution in [0.15, 0.2) is 72.9 Å². The average molecular weight is 769 g/mol. The topological polar surface area (TPSA) is 142 Å². The Kier molecular flexibility index (Phi) is 37.3. The highest BCUT2D eigenvalue weighted by Crippen LogP contribution is 2.15. The highest BCUT2D eigenvalue weighted by molar-refractivity contribution is 5.87. The zero-order chi connectivity index (χ0) is 40.5. The first kappa shape index (κ1) is 51.3. The summed E-state index contributed by atoms with van der Waals surface area (Å²) < 4.78 is 5.86. The van der Waals surface area contributed by atoms with Crippen molar-refractivity contribution in [3.05, 3.63) is 72.9 Å². The molecule has 0 aromatic carbocycles. The van der Waals surface area contributed by atoms with Crippen LogP contribution < -0.4 is 10.6 Å². The third-order valence-corrected chi connectivity index (χ3v) is 8.92. The predicted molar refractivity (Wildman–Crippen MR) is 227 cm³/mol. The van der Waals surface area contributed by atoms with Crippen LogP contribution in [0.5, 0.6) is 0 Å². The molecule has 0 aliphatic carbocycles. The molecule has 0 aliphatic heterocycles. The van der Waals surface area contributed by atoms with Gasteiger partial charge in [0.05, 0.1) is 13.2 Å². The second-order valence-electron chi connectivity index (χ2n) is 14.0. The molecule has 0 saturated heterocycles. The molecule has 9 nitrogen and oxygen atoms in total. The lowest BCUT2D eigenvalue weighted by molar-refractivity contribution is -0.147. The van der Waals surface area contributed by atoms with Crippen LogP contribution in [0, 0.1) is 0 Å². The minimum absolute atomic E-state index is 0.130. The largest absolute Gasteiger partial charge is 0.480 e. The summed E-state index contributed by atoms with van der Waals surface area (Å²) >= 11 is 0. The van der Waals surface area contributed by atoms with Gasteiger partial charge in [0.2, 0.25) is 11.8 Å². The number of carboxylic acid groups (broad SMARTS) is 1. The van der Waals surface area contributed by atoms with Crippen LogP contribution >= 0.6 is 0 Å². The molecule has 312 valence electrons. The third-order valence-electron chi connectivity index (χ3n) is 8.92. The van der Waals surface area contributed by atoms with Crippen LogP contribution in [-0.4, -0.2) is 59.3 Å². The minimum atomic E-state index is -1.39. The first-order chi connectivity index (χ1) is 26.8. The SMILES string of the molecule is CC/C=C\C/C=C\C/C=C\C/C=C\C/C=C\CCCCCCCCCC(=O)OC(/C=C\CCCCC)CCCCCCC(=O)NCC(=O)NC(CO)C(=O)O. The van der Waals surface area contributed by atoms with Crippen LogP contribution in [0.4, 0.5) is 0 Å². The van der Waals surface area contributed by atoms with Gasteiger partial charge in [-0.1, -0.05) is 138 Å². The number of ether oxygens (including phenoxy) is 1. The Hall–Kier alpha value is -3.72. The number of carbonyl (C=O) groups is 4. The lowest BCUT2D eigenvalue weighted by atomic mass is 10.1. The van der Waals surface area contributed by atoms with Gasteiger partial charge in [-0.2, -0.15) is 0 Å². The van der Waals surface area contributed by atoms with E-state index in [-0.39, 0.29) is 30.9 Å². The fourth-order valence-corrected chi connectivity index (χ4v) is 5.65. The van der Waals surface area contributed by atoms with Crippen LogP contribution in [0.2, 0.25) is 0 Å². The lowest BCUT2D eigenvalue weighted by Gasteiger charge is -2.15. The summed E-state index contributed by atoms with van der Waals surface area (Å²) in [5, 5.41) is 22.5. The molecule has 0 rings (SSSR count). The van der Waals surface area contributed by atoms with Gasteiger partial charge in [0.1, 0.15) is 12.1 Å². The fraction of sp³-hybridized carbons (Fsp3) is 0.652. The molecule has 0 aromatic heterocycles. The van der Waals surface area contributed by atoms with Gasteiger partial charge in [-0.3, -0.25) is 14.4 Å². The molecule has 0 radical (unpaired) electrons. The number of unbranched alkanes of at least 4 members (excludes halogenated alkanes) is 13. The summed E-state index contributed by atoms with van der Waals surface area (Å²) in [6.07, 6.45) is 49.7. The summed E-state index contributed by atoms with van der Waals surface area (Å²) in [6.45, 7) is 3.27. The summed E-state index contributed by atoms with van der Waals surface area (Å²) in [4.78, 5) is 47.4. The molecule has 0 fully saturated rings. The normalized spacial score (nSPS) is 13.2. The zero-order valence-corrected chi connectivity index (χ0v) is 34.4. The van der Waals surface area contributed by atoms with Crippen LogP contribution in [0.1, 0.15) is 168 Å². The van der Waals surface area contributed by atoms with Crippen LogP contribution in [0.3, 0.4) is 0 Å². The number of esters is 1. The van der Waals surface area contributed by atoms with Crippen molar-refractivity contribution in [1.29, 1.82) is 0 Å². The Morgan fingerprint density at radius 1 is 0.582 bits per heavy atom. The maximum atomic E-state index is 12.6. The Morgan fingerprint density at radius 3 is 1.67 bits per heavy atom. The van der Waals surface area contributed by atoms with Crippen molar-refractivity contribution in [2.45, 2.75) is 180 Å². The summed E-state index contributed by atoms with van der Waals surface area (Å²) in [6, 6.07) is -1.39.